The molecule has 0 heterocycles. The van der Waals surface area contributed by atoms with Gasteiger partial charge < -0.3 is 0 Å². The van der Waals surface area contributed by atoms with Crippen LogP contribution in [0.4, 0.5) is 0 Å². The lowest BCUT2D eigenvalue weighted by molar-refractivity contribution is 0.499. The van der Waals surface area contributed by atoms with Crippen molar-refractivity contribution in [2.45, 2.75) is 32.2 Å². The maximum atomic E-state index is 6.09. The summed E-state index contributed by atoms with van der Waals surface area (Å²) in [7, 11) is 0. The Balaban J connectivity index is 2.78. The Labute approximate surface area is 102 Å². The molecule has 1 rings (SSSR count). The Morgan fingerprint density at radius 1 is 1.56 bits per heavy atom. The van der Waals surface area contributed by atoms with Gasteiger partial charge >= 0.3 is 0 Å². The molecule has 0 bridgehead atoms. The van der Waals surface area contributed by atoms with Crippen LogP contribution >= 0.6 is 11.6 Å². The molecule has 0 fully saturated rings. The van der Waals surface area contributed by atoms with E-state index in [4.69, 9.17) is 17.4 Å². The molecular formula is C13H19ClN2. The fraction of sp³-hybridized carbons (Fsp3) is 0.385. The van der Waals surface area contributed by atoms with Crippen LogP contribution in [0.15, 0.2) is 30.9 Å². The second-order valence-corrected chi connectivity index (χ2v) is 4.30. The maximum Gasteiger partial charge on any atom is 0.0463 e. The van der Waals surface area contributed by atoms with E-state index in [1.54, 1.807) is 0 Å². The van der Waals surface area contributed by atoms with Gasteiger partial charge in [-0.2, -0.15) is 0 Å². The third kappa shape index (κ3) is 3.34. The summed E-state index contributed by atoms with van der Waals surface area (Å²) in [5, 5.41) is 0.793. The van der Waals surface area contributed by atoms with Crippen LogP contribution < -0.4 is 11.3 Å². The van der Waals surface area contributed by atoms with Gasteiger partial charge in [-0.15, -0.1) is 6.58 Å². The summed E-state index contributed by atoms with van der Waals surface area (Å²) in [5.74, 6) is 5.59. The van der Waals surface area contributed by atoms with Gasteiger partial charge in [-0.3, -0.25) is 11.3 Å². The van der Waals surface area contributed by atoms with E-state index in [0.717, 1.165) is 29.8 Å². The lowest BCUT2D eigenvalue weighted by Crippen LogP contribution is -2.28. The summed E-state index contributed by atoms with van der Waals surface area (Å²) in [6.07, 6.45) is 5.00. The van der Waals surface area contributed by atoms with Crippen LogP contribution in [0.25, 0.3) is 0 Å². The smallest absolute Gasteiger partial charge is 0.0463 e. The largest absolute Gasteiger partial charge is 0.271 e. The average molecular weight is 239 g/mol. The predicted molar refractivity (Wildman–Crippen MR) is 70.3 cm³/mol. The molecular weight excluding hydrogens is 220 g/mol. The molecule has 0 radical (unpaired) electrons. The van der Waals surface area contributed by atoms with Gasteiger partial charge in [-0.1, -0.05) is 29.8 Å². The molecule has 2 nitrogen and oxygen atoms in total. The normalized spacial score (nSPS) is 12.4. The molecule has 1 aromatic carbocycles. The number of rotatable bonds is 6. The van der Waals surface area contributed by atoms with E-state index in [1.165, 1.54) is 5.56 Å². The van der Waals surface area contributed by atoms with E-state index in [-0.39, 0.29) is 6.04 Å². The summed E-state index contributed by atoms with van der Waals surface area (Å²) < 4.78 is 0. The first-order valence-electron chi connectivity index (χ1n) is 5.52. The number of hydrogen-bond donors (Lipinski definition) is 2. The van der Waals surface area contributed by atoms with Gasteiger partial charge in [0.05, 0.1) is 0 Å². The summed E-state index contributed by atoms with van der Waals surface area (Å²) >= 11 is 6.09. The molecule has 0 aliphatic carbocycles. The molecule has 0 aromatic heterocycles. The van der Waals surface area contributed by atoms with E-state index in [0.29, 0.717) is 0 Å². The van der Waals surface area contributed by atoms with Crippen molar-refractivity contribution in [3.63, 3.8) is 0 Å². The highest BCUT2D eigenvalue weighted by Crippen LogP contribution is 2.26. The van der Waals surface area contributed by atoms with Crippen LogP contribution in [0.2, 0.25) is 5.02 Å². The topological polar surface area (TPSA) is 38.0 Å². The van der Waals surface area contributed by atoms with E-state index in [1.807, 2.05) is 25.1 Å². The third-order valence-electron chi connectivity index (χ3n) is 2.79. The van der Waals surface area contributed by atoms with Crippen molar-refractivity contribution in [3.8, 4) is 0 Å². The molecule has 16 heavy (non-hydrogen) atoms. The summed E-state index contributed by atoms with van der Waals surface area (Å²) in [5.41, 5.74) is 5.13. The minimum absolute atomic E-state index is 0.165. The van der Waals surface area contributed by atoms with Crippen LogP contribution in [0, 0.1) is 6.92 Å². The Kier molecular flexibility index (Phi) is 5.53. The average Bonchev–Trinajstić information content (AvgIpc) is 2.29. The molecule has 0 aliphatic rings. The SMILES string of the molecule is C=CCCCC(NN)c1cccc(Cl)c1C. The molecule has 3 N–H and O–H groups in total. The van der Waals surface area contributed by atoms with Gasteiger partial charge in [-0.05, 0) is 43.4 Å². The third-order valence-corrected chi connectivity index (χ3v) is 3.20. The van der Waals surface area contributed by atoms with E-state index < -0.39 is 0 Å². The lowest BCUT2D eigenvalue weighted by Gasteiger charge is -2.18. The van der Waals surface area contributed by atoms with Crippen LogP contribution in [0.1, 0.15) is 36.4 Å². The minimum atomic E-state index is 0.165. The lowest BCUT2D eigenvalue weighted by atomic mass is 9.97. The molecule has 0 aliphatic heterocycles. The molecule has 1 aromatic rings. The monoisotopic (exact) mass is 238 g/mol. The van der Waals surface area contributed by atoms with Gasteiger partial charge in [-0.25, -0.2) is 0 Å². The summed E-state index contributed by atoms with van der Waals surface area (Å²) in [6, 6.07) is 6.10. The fourth-order valence-corrected chi connectivity index (χ4v) is 1.98. The Bertz CT molecular complexity index is 350. The number of nitrogens with one attached hydrogen (secondary N) is 1. The summed E-state index contributed by atoms with van der Waals surface area (Å²) in [6.45, 7) is 5.74. The molecule has 0 spiro atoms. The fourth-order valence-electron chi connectivity index (χ4n) is 1.80. The molecule has 3 heteroatoms. The van der Waals surface area contributed by atoms with Crippen LogP contribution in [-0.2, 0) is 0 Å². The van der Waals surface area contributed by atoms with Crippen molar-refractivity contribution in [1.29, 1.82) is 0 Å². The highest BCUT2D eigenvalue weighted by Gasteiger charge is 2.12. The summed E-state index contributed by atoms with van der Waals surface area (Å²) in [4.78, 5) is 0. The Morgan fingerprint density at radius 2 is 2.31 bits per heavy atom. The second kappa shape index (κ2) is 6.69. The number of hydrogen-bond acceptors (Lipinski definition) is 2. The zero-order valence-corrected chi connectivity index (χ0v) is 10.4. The number of allylic oxidation sites excluding steroid dienone is 1. The van der Waals surface area contributed by atoms with Crippen molar-refractivity contribution in [3.05, 3.63) is 47.0 Å². The molecule has 88 valence electrons. The zero-order chi connectivity index (χ0) is 12.0. The number of nitrogens with two attached hydrogens (primary N) is 1. The van der Waals surface area contributed by atoms with Crippen LogP contribution in [0.5, 0.6) is 0 Å². The van der Waals surface area contributed by atoms with E-state index in [9.17, 15) is 0 Å². The Hall–Kier alpha value is -0.830. The molecule has 0 amide bonds. The molecule has 0 saturated carbocycles. The standard InChI is InChI=1S/C13H19ClN2/c1-3-4-5-9-13(16-15)11-7-6-8-12(14)10(11)2/h3,6-8,13,16H,1,4-5,9,15H2,2H3. The Morgan fingerprint density at radius 3 is 2.94 bits per heavy atom. The van der Waals surface area contributed by atoms with Crippen molar-refractivity contribution in [2.24, 2.45) is 5.84 Å². The first kappa shape index (κ1) is 13.2. The second-order valence-electron chi connectivity index (χ2n) is 3.89. The first-order chi connectivity index (χ1) is 7.70. The quantitative estimate of drug-likeness (QED) is 0.345. The van der Waals surface area contributed by atoms with Gasteiger partial charge in [0.2, 0.25) is 0 Å². The number of benzene rings is 1. The molecule has 1 atom stereocenters. The first-order valence-corrected chi connectivity index (χ1v) is 5.90. The highest BCUT2D eigenvalue weighted by atomic mass is 35.5. The predicted octanol–water partition coefficient (Wildman–Crippen LogP) is 3.51. The van der Waals surface area contributed by atoms with Crippen molar-refractivity contribution >= 4 is 11.6 Å². The number of hydrazine groups is 1. The highest BCUT2D eigenvalue weighted by molar-refractivity contribution is 6.31. The number of halogens is 1. The van der Waals surface area contributed by atoms with Gasteiger partial charge in [0.25, 0.3) is 0 Å². The molecule has 1 unspecified atom stereocenters. The van der Waals surface area contributed by atoms with E-state index >= 15 is 0 Å². The van der Waals surface area contributed by atoms with Gasteiger partial charge in [0.15, 0.2) is 0 Å². The van der Waals surface area contributed by atoms with Crippen LogP contribution in [-0.4, -0.2) is 0 Å². The zero-order valence-electron chi connectivity index (χ0n) is 9.67. The maximum absolute atomic E-state index is 6.09. The minimum Gasteiger partial charge on any atom is -0.271 e. The van der Waals surface area contributed by atoms with Gasteiger partial charge in [0, 0.05) is 11.1 Å². The van der Waals surface area contributed by atoms with Crippen LogP contribution in [0.3, 0.4) is 0 Å². The van der Waals surface area contributed by atoms with Gasteiger partial charge in [0.1, 0.15) is 0 Å². The van der Waals surface area contributed by atoms with Crippen molar-refractivity contribution < 1.29 is 0 Å². The molecule has 0 saturated heterocycles. The van der Waals surface area contributed by atoms with Crippen molar-refractivity contribution in [1.82, 2.24) is 5.43 Å². The number of unbranched alkanes of at least 4 members (excludes halogenated alkanes) is 1. The van der Waals surface area contributed by atoms with Crippen molar-refractivity contribution in [2.75, 3.05) is 0 Å². The van der Waals surface area contributed by atoms with E-state index in [2.05, 4.69) is 18.1 Å².